The van der Waals surface area contributed by atoms with E-state index in [2.05, 4.69) is 4.98 Å². The fraction of sp³-hybridized carbons (Fsp3) is 0.750. The lowest BCUT2D eigenvalue weighted by Gasteiger charge is -2.28. The van der Waals surface area contributed by atoms with Crippen molar-refractivity contribution in [3.05, 3.63) is 32.6 Å². The van der Waals surface area contributed by atoms with E-state index in [1.165, 1.54) is 10.8 Å². The van der Waals surface area contributed by atoms with Gasteiger partial charge < -0.3 is 19.3 Å². The number of aromatic nitrogens is 2. The number of hydrogen-bond donors (Lipinski definition) is 2. The number of aryl methyl sites for hydroxylation is 1. The summed E-state index contributed by atoms with van der Waals surface area (Å²) < 4.78 is 18.3. The molecule has 6 unspecified atom stereocenters. The monoisotopic (exact) mass is 342 g/mol. The van der Waals surface area contributed by atoms with Crippen LogP contribution in [0.25, 0.3) is 0 Å². The van der Waals surface area contributed by atoms with Gasteiger partial charge in [-0.1, -0.05) is 6.92 Å². The highest BCUT2D eigenvalue weighted by molar-refractivity contribution is 5.03. The molecule has 1 aromatic heterocycles. The van der Waals surface area contributed by atoms with E-state index in [1.54, 1.807) is 14.0 Å². The molecule has 2 heterocycles. The van der Waals surface area contributed by atoms with Gasteiger partial charge in [0.1, 0.15) is 12.2 Å². The summed E-state index contributed by atoms with van der Waals surface area (Å²) in [4.78, 5) is 26.0. The number of nitrogens with zero attached hydrogens (tertiary/aromatic N) is 1. The highest BCUT2D eigenvalue weighted by Gasteiger charge is 2.46. The average Bonchev–Trinajstić information content (AvgIpc) is 2.86. The quantitative estimate of drug-likeness (QED) is 0.772. The van der Waals surface area contributed by atoms with E-state index >= 15 is 0 Å². The van der Waals surface area contributed by atoms with Gasteiger partial charge in [-0.25, -0.2) is 4.79 Å². The van der Waals surface area contributed by atoms with Crippen LogP contribution in [0.2, 0.25) is 0 Å². The zero-order chi connectivity index (χ0) is 18.0. The van der Waals surface area contributed by atoms with Crippen molar-refractivity contribution in [2.45, 2.75) is 70.9 Å². The highest BCUT2D eigenvalue weighted by atomic mass is 16.6. The van der Waals surface area contributed by atoms with Crippen LogP contribution in [0.5, 0.6) is 0 Å². The predicted octanol–water partition coefficient (Wildman–Crippen LogP) is 0.322. The molecular weight excluding hydrogens is 316 g/mol. The van der Waals surface area contributed by atoms with Crippen LogP contribution in [-0.2, 0) is 14.2 Å². The van der Waals surface area contributed by atoms with E-state index in [9.17, 15) is 14.7 Å². The van der Waals surface area contributed by atoms with Gasteiger partial charge in [-0.15, -0.1) is 0 Å². The Bertz CT molecular complexity index is 669. The fourth-order valence-corrected chi connectivity index (χ4v) is 2.75. The van der Waals surface area contributed by atoms with Gasteiger partial charge in [0.15, 0.2) is 6.23 Å². The lowest BCUT2D eigenvalue weighted by Crippen LogP contribution is -2.42. The Hall–Kier alpha value is -1.48. The molecule has 0 aromatic carbocycles. The van der Waals surface area contributed by atoms with E-state index in [4.69, 9.17) is 14.2 Å². The van der Waals surface area contributed by atoms with Crippen molar-refractivity contribution in [3.8, 4) is 0 Å². The summed E-state index contributed by atoms with van der Waals surface area (Å²) in [7, 11) is 1.58. The molecule has 0 saturated carbocycles. The number of aromatic amines is 1. The Balaban J connectivity index is 2.36. The SMILES string of the molecule is CCC1OC(n2cc(C)c(=O)[nH]c2=O)C(OC(C)C(C)OC)C1O. The summed E-state index contributed by atoms with van der Waals surface area (Å²) in [5.74, 6) is 0. The van der Waals surface area contributed by atoms with Gasteiger partial charge >= 0.3 is 5.69 Å². The van der Waals surface area contributed by atoms with Gasteiger partial charge in [0.05, 0.1) is 18.3 Å². The van der Waals surface area contributed by atoms with Crippen LogP contribution in [-0.4, -0.2) is 52.3 Å². The Labute approximate surface area is 140 Å². The molecule has 8 nitrogen and oxygen atoms in total. The number of hydrogen-bond acceptors (Lipinski definition) is 6. The molecule has 0 aliphatic carbocycles. The van der Waals surface area contributed by atoms with E-state index in [0.29, 0.717) is 12.0 Å². The number of methoxy groups -OCH3 is 1. The summed E-state index contributed by atoms with van der Waals surface area (Å²) in [5.41, 5.74) is -0.661. The third-order valence-corrected chi connectivity index (χ3v) is 4.54. The van der Waals surface area contributed by atoms with Crippen LogP contribution < -0.4 is 11.2 Å². The normalized spacial score (nSPS) is 29.6. The van der Waals surface area contributed by atoms with Crippen LogP contribution >= 0.6 is 0 Å². The number of H-pyrrole nitrogens is 1. The Morgan fingerprint density at radius 3 is 2.62 bits per heavy atom. The van der Waals surface area contributed by atoms with Crippen LogP contribution in [0.3, 0.4) is 0 Å². The van der Waals surface area contributed by atoms with Gasteiger partial charge in [-0.05, 0) is 27.2 Å². The second-order valence-corrected chi connectivity index (χ2v) is 6.19. The number of nitrogens with one attached hydrogen (secondary N) is 1. The lowest BCUT2D eigenvalue weighted by atomic mass is 10.1. The Morgan fingerprint density at radius 1 is 1.38 bits per heavy atom. The molecule has 2 rings (SSSR count). The van der Waals surface area contributed by atoms with E-state index in [1.807, 2.05) is 20.8 Å². The summed E-state index contributed by atoms with van der Waals surface area (Å²) in [6.07, 6.45) is -1.40. The largest absolute Gasteiger partial charge is 0.388 e. The van der Waals surface area contributed by atoms with Gasteiger partial charge in [0.2, 0.25) is 0 Å². The van der Waals surface area contributed by atoms with Crippen LogP contribution in [0.15, 0.2) is 15.8 Å². The predicted molar refractivity (Wildman–Crippen MR) is 87.1 cm³/mol. The van der Waals surface area contributed by atoms with E-state index in [-0.39, 0.29) is 12.2 Å². The van der Waals surface area contributed by atoms with Crippen molar-refractivity contribution in [3.63, 3.8) is 0 Å². The van der Waals surface area contributed by atoms with E-state index < -0.39 is 35.8 Å². The smallest absolute Gasteiger partial charge is 0.330 e. The molecule has 2 N–H and O–H groups in total. The Morgan fingerprint density at radius 2 is 2.04 bits per heavy atom. The summed E-state index contributed by atoms with van der Waals surface area (Å²) in [5, 5.41) is 10.5. The first-order chi connectivity index (χ1) is 11.3. The maximum Gasteiger partial charge on any atom is 0.330 e. The van der Waals surface area contributed by atoms with Crippen LogP contribution in [0, 0.1) is 6.92 Å². The van der Waals surface area contributed by atoms with Gasteiger partial charge in [0, 0.05) is 18.9 Å². The number of aliphatic hydroxyl groups excluding tert-OH is 1. The van der Waals surface area contributed by atoms with Crippen LogP contribution in [0.1, 0.15) is 39.0 Å². The minimum atomic E-state index is -0.884. The third kappa shape index (κ3) is 3.61. The second-order valence-electron chi connectivity index (χ2n) is 6.19. The van der Waals surface area contributed by atoms with Crippen molar-refractivity contribution in [1.29, 1.82) is 0 Å². The molecule has 1 aromatic rings. The molecule has 0 radical (unpaired) electrons. The first kappa shape index (κ1) is 18.9. The molecule has 1 aliphatic heterocycles. The van der Waals surface area contributed by atoms with Gasteiger partial charge in [-0.2, -0.15) is 0 Å². The second kappa shape index (κ2) is 7.60. The molecule has 0 bridgehead atoms. The molecule has 8 heteroatoms. The first-order valence-electron chi connectivity index (χ1n) is 8.14. The van der Waals surface area contributed by atoms with Gasteiger partial charge in [-0.3, -0.25) is 14.3 Å². The molecule has 24 heavy (non-hydrogen) atoms. The van der Waals surface area contributed by atoms with Crippen molar-refractivity contribution in [1.82, 2.24) is 9.55 Å². The maximum atomic E-state index is 12.2. The Kier molecular flexibility index (Phi) is 5.97. The summed E-state index contributed by atoms with van der Waals surface area (Å²) in [6.45, 7) is 7.17. The first-order valence-corrected chi connectivity index (χ1v) is 8.14. The van der Waals surface area contributed by atoms with E-state index in [0.717, 1.165) is 0 Å². The van der Waals surface area contributed by atoms with Crippen LogP contribution in [0.4, 0.5) is 0 Å². The summed E-state index contributed by atoms with van der Waals surface area (Å²) in [6, 6.07) is 0. The number of ether oxygens (including phenoxy) is 3. The number of aliphatic hydroxyl groups is 1. The molecular formula is C16H26N2O6. The van der Waals surface area contributed by atoms with Crippen molar-refractivity contribution >= 4 is 0 Å². The van der Waals surface area contributed by atoms with Crippen molar-refractivity contribution in [2.75, 3.05) is 7.11 Å². The highest BCUT2D eigenvalue weighted by Crippen LogP contribution is 2.33. The topological polar surface area (TPSA) is 103 Å². The van der Waals surface area contributed by atoms with Crippen molar-refractivity contribution in [2.24, 2.45) is 0 Å². The molecule has 1 saturated heterocycles. The van der Waals surface area contributed by atoms with Gasteiger partial charge in [0.25, 0.3) is 5.56 Å². The molecule has 136 valence electrons. The lowest BCUT2D eigenvalue weighted by molar-refractivity contribution is -0.129. The molecule has 1 aliphatic rings. The summed E-state index contributed by atoms with van der Waals surface area (Å²) >= 11 is 0. The zero-order valence-corrected chi connectivity index (χ0v) is 14.7. The standard InChI is InChI=1S/C16H26N2O6/c1-6-11-12(19)13(23-10(4)9(3)22-5)15(24-11)18-7-8(2)14(20)17-16(18)21/h7,9-13,15,19H,6H2,1-5H3,(H,17,20,21). The molecule has 6 atom stereocenters. The minimum Gasteiger partial charge on any atom is -0.388 e. The molecule has 0 amide bonds. The maximum absolute atomic E-state index is 12.2. The molecule has 1 fully saturated rings. The molecule has 0 spiro atoms. The van der Waals surface area contributed by atoms with Crippen molar-refractivity contribution < 1.29 is 19.3 Å². The minimum absolute atomic E-state index is 0.187. The third-order valence-electron chi connectivity index (χ3n) is 4.54. The zero-order valence-electron chi connectivity index (χ0n) is 14.7. The average molecular weight is 342 g/mol. The fourth-order valence-electron chi connectivity index (χ4n) is 2.75. The number of rotatable bonds is 6.